The van der Waals surface area contributed by atoms with Crippen molar-refractivity contribution >= 4 is 23.3 Å². The van der Waals surface area contributed by atoms with E-state index in [2.05, 4.69) is 42.3 Å². The highest BCUT2D eigenvalue weighted by Crippen LogP contribution is 2.18. The van der Waals surface area contributed by atoms with E-state index >= 15 is 0 Å². The van der Waals surface area contributed by atoms with Gasteiger partial charge in [-0.2, -0.15) is 0 Å². The molecule has 0 amide bonds. The first-order chi connectivity index (χ1) is 13.1. The van der Waals surface area contributed by atoms with Crippen LogP contribution in [0.15, 0.2) is 23.6 Å². The normalized spacial score (nSPS) is 13.5. The third-order valence-electron chi connectivity index (χ3n) is 4.35. The Morgan fingerprint density at radius 2 is 1.68 bits per heavy atom. The second-order valence-electron chi connectivity index (χ2n) is 7.69. The Labute approximate surface area is 169 Å². The lowest BCUT2D eigenvalue weighted by Crippen LogP contribution is -2.48. The quantitative estimate of drug-likeness (QED) is 0.561. The first kappa shape index (κ1) is 22.0. The summed E-state index contributed by atoms with van der Waals surface area (Å²) in [7, 11) is 0. The second kappa shape index (κ2) is 9.80. The van der Waals surface area contributed by atoms with Crippen LogP contribution in [0.2, 0.25) is 0 Å². The lowest BCUT2D eigenvalue weighted by molar-refractivity contribution is -0.142. The van der Waals surface area contributed by atoms with Gasteiger partial charge < -0.3 is 10.2 Å². The zero-order valence-corrected chi connectivity index (χ0v) is 17.5. The van der Waals surface area contributed by atoms with Crippen LogP contribution in [-0.4, -0.2) is 39.2 Å². The van der Waals surface area contributed by atoms with E-state index < -0.39 is 24.0 Å². The van der Waals surface area contributed by atoms with Gasteiger partial charge in [0.05, 0.1) is 10.7 Å². The van der Waals surface area contributed by atoms with Gasteiger partial charge in [-0.15, -0.1) is 11.3 Å². The minimum Gasteiger partial charge on any atom is -0.480 e. The first-order valence-electron chi connectivity index (χ1n) is 9.36. The predicted octanol–water partition coefficient (Wildman–Crippen LogP) is 3.44. The average Bonchev–Trinajstić information content (AvgIpc) is 2.98. The fraction of sp³-hybridized carbons (Fsp3) is 0.476. The number of aliphatic carboxylic acids is 2. The Bertz CT molecular complexity index is 811. The molecule has 2 unspecified atom stereocenters. The fourth-order valence-electron chi connectivity index (χ4n) is 3.25. The molecule has 0 aliphatic heterocycles. The minimum absolute atomic E-state index is 0.146. The molecule has 2 rings (SSSR count). The number of nitrogens with one attached hydrogen (secondary N) is 1. The number of benzene rings is 1. The van der Waals surface area contributed by atoms with Crippen molar-refractivity contribution in [2.24, 2.45) is 5.92 Å². The molecule has 0 aliphatic rings. The number of carboxylic acid groups (broad SMARTS) is 2. The molecule has 7 heteroatoms. The van der Waals surface area contributed by atoms with Crippen LogP contribution in [0, 0.1) is 19.8 Å². The van der Waals surface area contributed by atoms with Crippen molar-refractivity contribution in [2.45, 2.75) is 59.0 Å². The highest BCUT2D eigenvalue weighted by molar-refractivity contribution is 7.09. The molecule has 2 atom stereocenters. The van der Waals surface area contributed by atoms with Crippen LogP contribution in [0.4, 0.5) is 0 Å². The van der Waals surface area contributed by atoms with E-state index in [1.807, 2.05) is 19.2 Å². The van der Waals surface area contributed by atoms with Gasteiger partial charge in [0.1, 0.15) is 12.1 Å². The van der Waals surface area contributed by atoms with Gasteiger partial charge in [-0.3, -0.25) is 14.9 Å². The SMILES string of the molecule is Cc1cc(C)cc(Cc2csc(CC(NC(CC(C)C)C(=O)O)C(=O)O)n2)c1. The molecule has 152 valence electrons. The van der Waals surface area contributed by atoms with Crippen LogP contribution in [-0.2, 0) is 22.4 Å². The Morgan fingerprint density at radius 1 is 1.07 bits per heavy atom. The van der Waals surface area contributed by atoms with Crippen molar-refractivity contribution in [3.63, 3.8) is 0 Å². The zero-order valence-electron chi connectivity index (χ0n) is 16.7. The first-order valence-corrected chi connectivity index (χ1v) is 10.2. The summed E-state index contributed by atoms with van der Waals surface area (Å²) >= 11 is 1.41. The molecule has 0 saturated carbocycles. The summed E-state index contributed by atoms with van der Waals surface area (Å²) in [5.74, 6) is -1.96. The summed E-state index contributed by atoms with van der Waals surface area (Å²) in [6.45, 7) is 7.94. The molecule has 0 fully saturated rings. The Hall–Kier alpha value is -2.25. The topological polar surface area (TPSA) is 99.5 Å². The molecule has 2 aromatic rings. The van der Waals surface area contributed by atoms with E-state index in [1.54, 1.807) is 0 Å². The summed E-state index contributed by atoms with van der Waals surface area (Å²) in [5.41, 5.74) is 4.46. The Kier molecular flexibility index (Phi) is 7.71. The third kappa shape index (κ3) is 6.73. The van der Waals surface area contributed by atoms with E-state index in [1.165, 1.54) is 28.0 Å². The van der Waals surface area contributed by atoms with E-state index in [0.29, 0.717) is 17.8 Å². The molecule has 0 bridgehead atoms. The molecule has 1 aromatic carbocycles. The minimum atomic E-state index is -1.07. The molecule has 0 spiro atoms. The molecule has 0 saturated heterocycles. The third-order valence-corrected chi connectivity index (χ3v) is 5.27. The number of thiazole rings is 1. The Morgan fingerprint density at radius 3 is 2.21 bits per heavy atom. The largest absolute Gasteiger partial charge is 0.480 e. The molecule has 6 nitrogen and oxygen atoms in total. The molecular weight excluding hydrogens is 376 g/mol. The number of carboxylic acids is 2. The van der Waals surface area contributed by atoms with Gasteiger partial charge in [0.2, 0.25) is 0 Å². The van der Waals surface area contributed by atoms with Gasteiger partial charge in [-0.25, -0.2) is 4.98 Å². The summed E-state index contributed by atoms with van der Waals surface area (Å²) < 4.78 is 0. The van der Waals surface area contributed by atoms with Gasteiger partial charge in [0, 0.05) is 18.2 Å². The van der Waals surface area contributed by atoms with Crippen LogP contribution in [0.5, 0.6) is 0 Å². The van der Waals surface area contributed by atoms with E-state index in [4.69, 9.17) is 0 Å². The average molecular weight is 405 g/mol. The summed E-state index contributed by atoms with van der Waals surface area (Å²) in [6, 6.07) is 4.49. The van der Waals surface area contributed by atoms with Crippen molar-refractivity contribution in [3.8, 4) is 0 Å². The highest BCUT2D eigenvalue weighted by Gasteiger charge is 2.27. The Balaban J connectivity index is 2.07. The van der Waals surface area contributed by atoms with Crippen LogP contribution in [0.3, 0.4) is 0 Å². The molecule has 0 radical (unpaired) electrons. The fourth-order valence-corrected chi connectivity index (χ4v) is 4.09. The standard InChI is InChI=1S/C21H28N2O4S/c1-12(2)5-17(20(24)25)23-18(21(26)27)10-19-22-16(11-28-19)9-15-7-13(3)6-14(4)8-15/h6-8,11-12,17-18,23H,5,9-10H2,1-4H3,(H,24,25)(H,26,27). The van der Waals surface area contributed by atoms with Gasteiger partial charge in [0.15, 0.2) is 0 Å². The lowest BCUT2D eigenvalue weighted by atomic mass is 10.0. The van der Waals surface area contributed by atoms with Crippen LogP contribution in [0.1, 0.15) is 47.7 Å². The number of hydrogen-bond donors (Lipinski definition) is 3. The maximum absolute atomic E-state index is 11.6. The maximum atomic E-state index is 11.6. The van der Waals surface area contributed by atoms with Crippen molar-refractivity contribution in [2.75, 3.05) is 0 Å². The van der Waals surface area contributed by atoms with Crippen molar-refractivity contribution in [1.82, 2.24) is 10.3 Å². The van der Waals surface area contributed by atoms with Gasteiger partial charge in [-0.1, -0.05) is 43.2 Å². The van der Waals surface area contributed by atoms with Gasteiger partial charge in [0.25, 0.3) is 0 Å². The molecule has 28 heavy (non-hydrogen) atoms. The van der Waals surface area contributed by atoms with Crippen molar-refractivity contribution < 1.29 is 19.8 Å². The zero-order chi connectivity index (χ0) is 20.8. The van der Waals surface area contributed by atoms with E-state index in [-0.39, 0.29) is 12.3 Å². The highest BCUT2D eigenvalue weighted by atomic mass is 32.1. The number of aryl methyl sites for hydroxylation is 2. The smallest absolute Gasteiger partial charge is 0.321 e. The molecule has 1 heterocycles. The maximum Gasteiger partial charge on any atom is 0.321 e. The number of hydrogen-bond acceptors (Lipinski definition) is 5. The van der Waals surface area contributed by atoms with Crippen molar-refractivity contribution in [1.29, 1.82) is 0 Å². The molecule has 1 aromatic heterocycles. The van der Waals surface area contributed by atoms with Crippen LogP contribution >= 0.6 is 11.3 Å². The number of carbonyl (C=O) groups is 2. The van der Waals surface area contributed by atoms with Crippen LogP contribution in [0.25, 0.3) is 0 Å². The number of nitrogens with zero attached hydrogens (tertiary/aromatic N) is 1. The van der Waals surface area contributed by atoms with Gasteiger partial charge in [-0.05, 0) is 31.7 Å². The monoisotopic (exact) mass is 404 g/mol. The lowest BCUT2D eigenvalue weighted by Gasteiger charge is -2.21. The molecule has 0 aliphatic carbocycles. The summed E-state index contributed by atoms with van der Waals surface area (Å²) in [6.07, 6.45) is 1.22. The van der Waals surface area contributed by atoms with Crippen molar-refractivity contribution in [3.05, 3.63) is 51.0 Å². The number of rotatable bonds is 10. The van der Waals surface area contributed by atoms with Crippen LogP contribution < -0.4 is 5.32 Å². The predicted molar refractivity (Wildman–Crippen MR) is 110 cm³/mol. The van der Waals surface area contributed by atoms with Gasteiger partial charge >= 0.3 is 11.9 Å². The molecular formula is C21H28N2O4S. The van der Waals surface area contributed by atoms with E-state index in [0.717, 1.165) is 5.69 Å². The second-order valence-corrected chi connectivity index (χ2v) is 8.63. The number of aromatic nitrogens is 1. The van der Waals surface area contributed by atoms with E-state index in [9.17, 15) is 19.8 Å². The summed E-state index contributed by atoms with van der Waals surface area (Å²) in [5, 5.41) is 24.3. The summed E-state index contributed by atoms with van der Waals surface area (Å²) in [4.78, 5) is 27.6. The molecule has 3 N–H and O–H groups in total.